The molecule has 3 atom stereocenters. The Hall–Kier alpha value is -3.92. The highest BCUT2D eigenvalue weighted by molar-refractivity contribution is 5.95. The summed E-state index contributed by atoms with van der Waals surface area (Å²) < 4.78 is 11.7. The van der Waals surface area contributed by atoms with Gasteiger partial charge in [0.05, 0.1) is 25.7 Å². The summed E-state index contributed by atoms with van der Waals surface area (Å²) in [5.74, 6) is -0.405. The molecule has 3 aliphatic rings. The van der Waals surface area contributed by atoms with Gasteiger partial charge in [0.1, 0.15) is 17.8 Å². The lowest BCUT2D eigenvalue weighted by Gasteiger charge is -2.34. The van der Waals surface area contributed by atoms with E-state index in [0.29, 0.717) is 32.5 Å². The minimum Gasteiger partial charge on any atom is -0.494 e. The fourth-order valence-corrected chi connectivity index (χ4v) is 5.93. The molecule has 4 bridgehead atoms. The van der Waals surface area contributed by atoms with Gasteiger partial charge in [-0.2, -0.15) is 0 Å². The van der Waals surface area contributed by atoms with E-state index in [1.807, 2.05) is 55.5 Å². The normalized spacial score (nSPS) is 23.2. The van der Waals surface area contributed by atoms with E-state index in [-0.39, 0.29) is 55.7 Å². The Bertz CT molecular complexity index is 1330. The number of carbonyl (C=O) groups is 4. The highest BCUT2D eigenvalue weighted by Gasteiger charge is 2.32. The molecule has 1 aliphatic carbocycles. The van der Waals surface area contributed by atoms with Gasteiger partial charge in [-0.3, -0.25) is 19.2 Å². The second-order valence-corrected chi connectivity index (χ2v) is 12.5. The van der Waals surface area contributed by atoms with Crippen LogP contribution in [0.25, 0.3) is 0 Å². The van der Waals surface area contributed by atoms with E-state index in [1.54, 1.807) is 4.90 Å². The molecule has 45 heavy (non-hydrogen) atoms. The Morgan fingerprint density at radius 3 is 2.67 bits per heavy atom. The Balaban J connectivity index is 1.36. The Labute approximate surface area is 265 Å². The van der Waals surface area contributed by atoms with Crippen molar-refractivity contribution >= 4 is 23.6 Å². The molecule has 0 radical (unpaired) electrons. The molecular weight excluding hydrogens is 572 g/mol. The lowest BCUT2D eigenvalue weighted by atomic mass is 9.94. The SMILES string of the molecule is Cc1ccc2cc1CNC(=O)[C@H](CCc1ccccc1)NC(=O)[C@@H](NC(=O)CCOC1CC1)CC(=O)N1CCCC(CCO2)C1. The number of amides is 4. The smallest absolute Gasteiger partial charge is 0.243 e. The van der Waals surface area contributed by atoms with Crippen LogP contribution < -0.4 is 20.7 Å². The van der Waals surface area contributed by atoms with Crippen molar-refractivity contribution in [2.45, 2.75) is 89.4 Å². The first kappa shape index (κ1) is 32.5. The molecule has 2 fully saturated rings. The number of hydrogen-bond acceptors (Lipinski definition) is 6. The van der Waals surface area contributed by atoms with Crippen LogP contribution in [-0.2, 0) is 36.9 Å². The minimum atomic E-state index is -1.11. The van der Waals surface area contributed by atoms with Crippen molar-refractivity contribution in [1.29, 1.82) is 0 Å². The van der Waals surface area contributed by atoms with E-state index in [0.717, 1.165) is 54.5 Å². The predicted molar refractivity (Wildman–Crippen MR) is 169 cm³/mol. The summed E-state index contributed by atoms with van der Waals surface area (Å²) in [5, 5.41) is 8.66. The number of carbonyl (C=O) groups excluding carboxylic acids is 4. The third-order valence-electron chi connectivity index (χ3n) is 8.88. The standard InChI is InChI=1S/C35H46N4O6/c1-24-9-11-29-20-27(24)22-36-34(42)30(14-10-25-6-3-2-4-7-25)38-35(43)31(37-32(40)16-19-44-28-12-13-28)21-33(41)39-17-5-8-26(23-39)15-18-45-29/h2-4,6-7,9,11,20,26,28,30-31H,5,8,10,12-19,21-23H2,1H3,(H,36,42)(H,37,40)(H,38,43)/t26?,30-,31-/m0/s1. The van der Waals surface area contributed by atoms with Crippen molar-refractivity contribution in [3.05, 3.63) is 65.2 Å². The molecule has 2 aromatic carbocycles. The van der Waals surface area contributed by atoms with E-state index in [9.17, 15) is 19.2 Å². The van der Waals surface area contributed by atoms with Gasteiger partial charge in [-0.05, 0) is 86.6 Å². The third kappa shape index (κ3) is 10.0. The molecule has 10 heteroatoms. The number of fused-ring (bicyclic) bond motifs is 4. The van der Waals surface area contributed by atoms with Crippen LogP contribution in [0.3, 0.4) is 0 Å². The molecular formula is C35H46N4O6. The van der Waals surface area contributed by atoms with Gasteiger partial charge >= 0.3 is 0 Å². The molecule has 4 amide bonds. The second kappa shape index (κ2) is 15.9. The molecule has 2 aliphatic heterocycles. The fraction of sp³-hybridized carbons (Fsp3) is 0.543. The second-order valence-electron chi connectivity index (χ2n) is 12.5. The number of ether oxygens (including phenoxy) is 2. The van der Waals surface area contributed by atoms with Gasteiger partial charge in [0.25, 0.3) is 0 Å². The van der Waals surface area contributed by atoms with Crippen molar-refractivity contribution in [1.82, 2.24) is 20.9 Å². The number of nitrogens with one attached hydrogen (secondary N) is 3. The van der Waals surface area contributed by atoms with Crippen molar-refractivity contribution < 1.29 is 28.7 Å². The van der Waals surface area contributed by atoms with Gasteiger partial charge in [0.15, 0.2) is 0 Å². The molecule has 0 aromatic heterocycles. The van der Waals surface area contributed by atoms with Gasteiger partial charge < -0.3 is 30.3 Å². The maximum Gasteiger partial charge on any atom is 0.243 e. The maximum absolute atomic E-state index is 13.8. The zero-order valence-corrected chi connectivity index (χ0v) is 26.2. The fourth-order valence-electron chi connectivity index (χ4n) is 5.93. The van der Waals surface area contributed by atoms with E-state index < -0.39 is 18.0 Å². The summed E-state index contributed by atoms with van der Waals surface area (Å²) in [6.45, 7) is 4.24. The lowest BCUT2D eigenvalue weighted by Crippen LogP contribution is -2.55. The van der Waals surface area contributed by atoms with Crippen LogP contribution in [0.2, 0.25) is 0 Å². The minimum absolute atomic E-state index is 0.0938. The van der Waals surface area contributed by atoms with Crippen LogP contribution >= 0.6 is 0 Å². The van der Waals surface area contributed by atoms with Crippen molar-refractivity contribution in [2.24, 2.45) is 5.92 Å². The van der Waals surface area contributed by atoms with Crippen LogP contribution in [-0.4, -0.2) is 73.0 Å². The molecule has 2 aromatic rings. The summed E-state index contributed by atoms with van der Waals surface area (Å²) in [4.78, 5) is 55.6. The highest BCUT2D eigenvalue weighted by Crippen LogP contribution is 2.24. The molecule has 1 saturated carbocycles. The molecule has 5 rings (SSSR count). The van der Waals surface area contributed by atoms with Crippen molar-refractivity contribution in [3.8, 4) is 5.75 Å². The van der Waals surface area contributed by atoms with Gasteiger partial charge in [-0.1, -0.05) is 36.4 Å². The lowest BCUT2D eigenvalue weighted by molar-refractivity contribution is -0.138. The summed E-state index contributed by atoms with van der Waals surface area (Å²) in [6.07, 6.45) is 5.71. The van der Waals surface area contributed by atoms with Gasteiger partial charge in [-0.25, -0.2) is 0 Å². The first-order valence-corrected chi connectivity index (χ1v) is 16.4. The van der Waals surface area contributed by atoms with Crippen molar-refractivity contribution in [2.75, 3.05) is 26.3 Å². The van der Waals surface area contributed by atoms with Gasteiger partial charge in [-0.15, -0.1) is 0 Å². The van der Waals surface area contributed by atoms with Crippen LogP contribution in [0.5, 0.6) is 5.75 Å². The summed E-state index contributed by atoms with van der Waals surface area (Å²) in [7, 11) is 0. The monoisotopic (exact) mass is 618 g/mol. The molecule has 1 saturated heterocycles. The number of rotatable bonds is 8. The molecule has 2 heterocycles. The number of hydrogen-bond donors (Lipinski definition) is 3. The number of piperidine rings is 1. The first-order valence-electron chi connectivity index (χ1n) is 16.4. The van der Waals surface area contributed by atoms with Gasteiger partial charge in [0, 0.05) is 26.1 Å². The van der Waals surface area contributed by atoms with Crippen LogP contribution in [0, 0.1) is 12.8 Å². The number of benzene rings is 2. The van der Waals surface area contributed by atoms with E-state index in [2.05, 4.69) is 16.0 Å². The maximum atomic E-state index is 13.8. The molecule has 1 unspecified atom stereocenters. The molecule has 242 valence electrons. The van der Waals surface area contributed by atoms with E-state index in [1.165, 1.54) is 0 Å². The van der Waals surface area contributed by atoms with Crippen molar-refractivity contribution in [3.63, 3.8) is 0 Å². The topological polar surface area (TPSA) is 126 Å². The summed E-state index contributed by atoms with van der Waals surface area (Å²) in [6, 6.07) is 13.6. The molecule has 3 N–H and O–H groups in total. The highest BCUT2D eigenvalue weighted by atomic mass is 16.5. The Morgan fingerprint density at radius 2 is 1.87 bits per heavy atom. The summed E-state index contributed by atoms with van der Waals surface area (Å²) >= 11 is 0. The van der Waals surface area contributed by atoms with E-state index >= 15 is 0 Å². The number of nitrogens with zero attached hydrogens (tertiary/aromatic N) is 1. The zero-order chi connectivity index (χ0) is 31.6. The quantitative estimate of drug-likeness (QED) is 0.417. The van der Waals surface area contributed by atoms with Gasteiger partial charge in [0.2, 0.25) is 23.6 Å². The molecule has 0 spiro atoms. The number of aryl methyl sites for hydroxylation is 2. The summed E-state index contributed by atoms with van der Waals surface area (Å²) in [5.41, 5.74) is 3.00. The Morgan fingerprint density at radius 1 is 1.04 bits per heavy atom. The largest absolute Gasteiger partial charge is 0.494 e. The van der Waals surface area contributed by atoms with Crippen LogP contribution in [0.4, 0.5) is 0 Å². The first-order chi connectivity index (χ1) is 21.8. The Kier molecular flexibility index (Phi) is 11.5. The average Bonchev–Trinajstić information content (AvgIpc) is 3.87. The predicted octanol–water partition coefficient (Wildman–Crippen LogP) is 3.19. The third-order valence-corrected chi connectivity index (χ3v) is 8.88. The van der Waals surface area contributed by atoms with E-state index in [4.69, 9.17) is 9.47 Å². The molecule has 10 nitrogen and oxygen atoms in total. The average molecular weight is 619 g/mol. The zero-order valence-electron chi connectivity index (χ0n) is 26.2. The van der Waals surface area contributed by atoms with Crippen LogP contribution in [0.15, 0.2) is 48.5 Å². The van der Waals surface area contributed by atoms with Crippen LogP contribution in [0.1, 0.15) is 68.1 Å².